The number of ether oxygens (including phenoxy) is 2. The molecule has 0 atom stereocenters. The zero-order chi connectivity index (χ0) is 46.6. The molecule has 1 heterocycles. The summed E-state index contributed by atoms with van der Waals surface area (Å²) in [5.74, 6) is 1.75. The van der Waals surface area contributed by atoms with Crippen molar-refractivity contribution in [3.8, 4) is 22.6 Å². The van der Waals surface area contributed by atoms with E-state index in [-0.39, 0.29) is 50.6 Å². The lowest BCUT2D eigenvalue weighted by atomic mass is 9.92. The highest BCUT2D eigenvalue weighted by atomic mass is 19.4. The molecule has 0 spiro atoms. The molecule has 342 valence electrons. The first-order chi connectivity index (χ1) is 30.7. The van der Waals surface area contributed by atoms with Crippen molar-refractivity contribution in [1.82, 2.24) is 0 Å². The summed E-state index contributed by atoms with van der Waals surface area (Å²) in [7, 11) is 0. The minimum absolute atomic E-state index is 0. The first kappa shape index (κ1) is 48.5. The lowest BCUT2D eigenvalue weighted by Crippen LogP contribution is -2.13. The lowest BCUT2D eigenvalue weighted by Gasteiger charge is -2.16. The Balaban J connectivity index is 0.000000173. The molecule has 0 aromatic heterocycles. The molecule has 66 heavy (non-hydrogen) atoms. The standard InChI is InChI=1S/C21H14O2.C17H8F12.C13H12.CH4/c1-3-7-16-14(5-1)9-11-18-20(16)21-17-8-4-2-6-15(17)10-12-19(21)23-13-22-18;18-14(19,20)10-2-8(3-11(6-10)15(21,22)23)1-9-4-12(16(24,25)26)7-13(5-9)17(27,28)29;1-3-7-12(8-4-1)11-13-9-5-2-6-10-13;/h1-12H,13H2;2-7H,1H2;1-10H,11H2;1H4. The van der Waals surface area contributed by atoms with Crippen LogP contribution in [0.5, 0.6) is 11.5 Å². The molecule has 14 heteroatoms. The second-order valence-electron chi connectivity index (χ2n) is 14.9. The predicted molar refractivity (Wildman–Crippen MR) is 231 cm³/mol. The summed E-state index contributed by atoms with van der Waals surface area (Å²) in [5.41, 5.74) is -3.45. The Labute approximate surface area is 371 Å². The maximum Gasteiger partial charge on any atom is 0.416 e. The van der Waals surface area contributed by atoms with E-state index in [4.69, 9.17) is 9.47 Å². The van der Waals surface area contributed by atoms with E-state index in [1.165, 1.54) is 32.7 Å². The normalized spacial score (nSPS) is 12.4. The number of rotatable bonds is 4. The quantitative estimate of drug-likeness (QED) is 0.164. The van der Waals surface area contributed by atoms with Gasteiger partial charge in [-0.05, 0) is 105 Å². The first-order valence-corrected chi connectivity index (χ1v) is 19.7. The van der Waals surface area contributed by atoms with Crippen molar-refractivity contribution < 1.29 is 62.2 Å². The summed E-state index contributed by atoms with van der Waals surface area (Å²) >= 11 is 0. The molecule has 8 aromatic rings. The van der Waals surface area contributed by atoms with Gasteiger partial charge in [-0.15, -0.1) is 0 Å². The van der Waals surface area contributed by atoms with Gasteiger partial charge in [-0.25, -0.2) is 0 Å². The van der Waals surface area contributed by atoms with Crippen molar-refractivity contribution in [3.05, 3.63) is 214 Å². The second-order valence-corrected chi connectivity index (χ2v) is 14.9. The molecular weight excluding hydrogens is 885 g/mol. The third kappa shape index (κ3) is 11.8. The molecule has 1 aliphatic rings. The molecule has 0 fully saturated rings. The van der Waals surface area contributed by atoms with Crippen molar-refractivity contribution >= 4 is 21.5 Å². The smallest absolute Gasteiger partial charge is 0.416 e. The molecule has 0 radical (unpaired) electrons. The Bertz CT molecular complexity index is 2640. The van der Waals surface area contributed by atoms with E-state index in [0.29, 0.717) is 0 Å². The fraction of sp³-hybridized carbons (Fsp3) is 0.154. The van der Waals surface area contributed by atoms with E-state index >= 15 is 0 Å². The largest absolute Gasteiger partial charge is 0.457 e. The van der Waals surface area contributed by atoms with Crippen LogP contribution >= 0.6 is 0 Å². The Kier molecular flexibility index (Phi) is 14.4. The molecule has 0 amide bonds. The molecule has 0 unspecified atom stereocenters. The van der Waals surface area contributed by atoms with Crippen molar-refractivity contribution in [3.63, 3.8) is 0 Å². The summed E-state index contributed by atoms with van der Waals surface area (Å²) < 4.78 is 166. The van der Waals surface area contributed by atoms with Gasteiger partial charge in [0.25, 0.3) is 0 Å². The summed E-state index contributed by atoms with van der Waals surface area (Å²) in [6.07, 6.45) is -20.8. The third-order valence-corrected chi connectivity index (χ3v) is 10.3. The maximum atomic E-state index is 12.9. The average molecular weight is 923 g/mol. The van der Waals surface area contributed by atoms with E-state index < -0.39 is 64.5 Å². The molecule has 1 aliphatic heterocycles. The van der Waals surface area contributed by atoms with Crippen LogP contribution in [0.1, 0.15) is 51.9 Å². The summed E-state index contributed by atoms with van der Waals surface area (Å²) in [4.78, 5) is 0. The number of fused-ring (bicyclic) bond motifs is 7. The molecule has 0 N–H and O–H groups in total. The SMILES string of the molecule is C.FC(F)(F)c1cc(Cc2cc(C(F)(F)F)cc(C(F)(F)F)c2)cc(C(F)(F)F)c1.c1ccc(Cc2ccccc2)cc1.c1ccc2c3c(ccc2c1)OCOc1ccc2ccccc2c1-3. The van der Waals surface area contributed by atoms with Gasteiger partial charge in [0.15, 0.2) is 0 Å². The highest BCUT2D eigenvalue weighted by Crippen LogP contribution is 2.47. The van der Waals surface area contributed by atoms with Crippen LogP contribution in [0.4, 0.5) is 52.7 Å². The van der Waals surface area contributed by atoms with Gasteiger partial charge in [-0.1, -0.05) is 129 Å². The van der Waals surface area contributed by atoms with Crippen molar-refractivity contribution in [2.24, 2.45) is 0 Å². The molecule has 2 nitrogen and oxygen atoms in total. The zero-order valence-electron chi connectivity index (χ0n) is 33.6. The van der Waals surface area contributed by atoms with Gasteiger partial charge in [-0.2, -0.15) is 52.7 Å². The van der Waals surface area contributed by atoms with E-state index in [2.05, 4.69) is 121 Å². The Morgan fingerprint density at radius 3 is 0.970 bits per heavy atom. The van der Waals surface area contributed by atoms with Crippen molar-refractivity contribution in [2.45, 2.75) is 45.0 Å². The predicted octanol–water partition coefficient (Wildman–Crippen LogP) is 16.7. The van der Waals surface area contributed by atoms with Crippen molar-refractivity contribution in [1.29, 1.82) is 0 Å². The molecular formula is C52H38F12O2. The Morgan fingerprint density at radius 2 is 0.636 bits per heavy atom. The molecule has 9 rings (SSSR count). The highest BCUT2D eigenvalue weighted by Gasteiger charge is 2.39. The van der Waals surface area contributed by atoms with Crippen LogP contribution in [0.15, 0.2) is 170 Å². The van der Waals surface area contributed by atoms with Crippen LogP contribution in [0.25, 0.3) is 32.7 Å². The summed E-state index contributed by atoms with van der Waals surface area (Å²) in [5, 5.41) is 4.78. The monoisotopic (exact) mass is 922 g/mol. The maximum absolute atomic E-state index is 12.9. The number of hydrogen-bond donors (Lipinski definition) is 0. The van der Waals surface area contributed by atoms with E-state index in [9.17, 15) is 52.7 Å². The van der Waals surface area contributed by atoms with Crippen LogP contribution in [0.3, 0.4) is 0 Å². The first-order valence-electron chi connectivity index (χ1n) is 19.7. The number of hydrogen-bond acceptors (Lipinski definition) is 2. The zero-order valence-corrected chi connectivity index (χ0v) is 33.6. The van der Waals surface area contributed by atoms with Crippen LogP contribution in [-0.4, -0.2) is 6.79 Å². The lowest BCUT2D eigenvalue weighted by molar-refractivity contribution is -0.144. The van der Waals surface area contributed by atoms with E-state index in [1.54, 1.807) is 0 Å². The van der Waals surface area contributed by atoms with Gasteiger partial charge in [0, 0.05) is 11.1 Å². The van der Waals surface area contributed by atoms with Gasteiger partial charge < -0.3 is 9.47 Å². The molecule has 0 aliphatic carbocycles. The van der Waals surface area contributed by atoms with E-state index in [1.807, 2.05) is 12.1 Å². The fourth-order valence-electron chi connectivity index (χ4n) is 7.32. The minimum atomic E-state index is -5.21. The minimum Gasteiger partial charge on any atom is -0.457 e. The number of halogens is 12. The number of alkyl halides is 12. The second kappa shape index (κ2) is 19.6. The molecule has 0 bridgehead atoms. The number of benzene rings is 8. The average Bonchev–Trinajstić information content (AvgIpc) is 3.46. The van der Waals surface area contributed by atoms with Gasteiger partial charge in [0.1, 0.15) is 11.5 Å². The van der Waals surface area contributed by atoms with E-state index in [0.717, 1.165) is 29.0 Å². The van der Waals surface area contributed by atoms with Crippen molar-refractivity contribution in [2.75, 3.05) is 6.79 Å². The highest BCUT2D eigenvalue weighted by molar-refractivity contribution is 6.09. The molecule has 0 saturated heterocycles. The molecule has 0 saturated carbocycles. The van der Waals surface area contributed by atoms with Gasteiger partial charge in [-0.3, -0.25) is 0 Å². The van der Waals surface area contributed by atoms with Crippen LogP contribution in [0, 0.1) is 0 Å². The summed E-state index contributed by atoms with van der Waals surface area (Å²) in [6, 6.07) is 46.7. The summed E-state index contributed by atoms with van der Waals surface area (Å²) in [6.45, 7) is 0.233. The van der Waals surface area contributed by atoms with Crippen LogP contribution in [0.2, 0.25) is 0 Å². The van der Waals surface area contributed by atoms with Crippen LogP contribution < -0.4 is 9.47 Å². The fourth-order valence-corrected chi connectivity index (χ4v) is 7.32. The third-order valence-electron chi connectivity index (χ3n) is 10.3. The Hall–Kier alpha value is -6.96. The van der Waals surface area contributed by atoms with Gasteiger partial charge in [0.05, 0.1) is 22.3 Å². The van der Waals surface area contributed by atoms with Crippen LogP contribution in [-0.2, 0) is 37.5 Å². The molecule has 8 aromatic carbocycles. The van der Waals surface area contributed by atoms with Gasteiger partial charge >= 0.3 is 24.7 Å². The topological polar surface area (TPSA) is 18.5 Å². The Morgan fingerprint density at radius 1 is 0.333 bits per heavy atom. The van der Waals surface area contributed by atoms with Gasteiger partial charge in [0.2, 0.25) is 6.79 Å².